The number of carbonyl (C=O) groups is 3. The fraction of sp³-hybridized carbons (Fsp3) is 0.315. The molecule has 0 bridgehead atoms. The first-order valence-corrected chi connectivity index (χ1v) is 41.7. The Labute approximate surface area is 697 Å². The molecular weight excluding hydrogens is 1580 g/mol. The van der Waals surface area contributed by atoms with Crippen LogP contribution >= 0.6 is 46.4 Å². The molecule has 18 nitrogen and oxygen atoms in total. The van der Waals surface area contributed by atoms with Gasteiger partial charge < -0.3 is 58.7 Å². The minimum atomic E-state index is -0.510. The lowest BCUT2D eigenvalue weighted by Gasteiger charge is -2.35. The van der Waals surface area contributed by atoms with Crippen molar-refractivity contribution in [3.05, 3.63) is 283 Å². The first kappa shape index (κ1) is 83.1. The predicted octanol–water partition coefficient (Wildman–Crippen LogP) is 21.5. The highest BCUT2D eigenvalue weighted by atomic mass is 35.5. The summed E-state index contributed by atoms with van der Waals surface area (Å²) in [5.74, 6) is 2.75. The van der Waals surface area contributed by atoms with E-state index < -0.39 is 42.2 Å². The van der Waals surface area contributed by atoms with E-state index in [2.05, 4.69) is 25.2 Å². The monoisotopic (exact) mass is 1670 g/mol. The van der Waals surface area contributed by atoms with Crippen molar-refractivity contribution in [2.24, 2.45) is 0 Å². The molecule has 12 aromatic rings. The summed E-state index contributed by atoms with van der Waals surface area (Å²) in [6.07, 6.45) is 11.3. The Morgan fingerprint density at radius 1 is 0.393 bits per heavy atom. The van der Waals surface area contributed by atoms with Crippen molar-refractivity contribution in [2.75, 3.05) is 84.7 Å². The van der Waals surface area contributed by atoms with Crippen molar-refractivity contribution in [1.82, 2.24) is 39.9 Å². The van der Waals surface area contributed by atoms with Crippen LogP contribution in [0.1, 0.15) is 133 Å². The first-order valence-electron chi connectivity index (χ1n) is 40.0. The van der Waals surface area contributed by atoms with E-state index in [1.807, 2.05) is 127 Å². The van der Waals surface area contributed by atoms with Crippen molar-refractivity contribution in [2.45, 2.75) is 102 Å². The number of aliphatic hydroxyl groups excluding tert-OH is 1. The van der Waals surface area contributed by atoms with E-state index in [0.29, 0.717) is 97.7 Å². The Morgan fingerprint density at radius 2 is 0.718 bits per heavy atom. The summed E-state index contributed by atoms with van der Waals surface area (Å²) < 4.78 is 74.9. The molecule has 1 saturated heterocycles. The maximum atomic E-state index is 13.4. The zero-order chi connectivity index (χ0) is 81.2. The van der Waals surface area contributed by atoms with Crippen LogP contribution in [0.15, 0.2) is 200 Å². The minimum Gasteiger partial charge on any atom is -0.494 e. The lowest BCUT2D eigenvalue weighted by Crippen LogP contribution is -2.42. The Bertz CT molecular complexity index is 5310. The number of hydrogen-bond donors (Lipinski definition) is 5. The average molecular weight is 1670 g/mol. The van der Waals surface area contributed by atoms with Crippen LogP contribution in [0.3, 0.4) is 0 Å². The van der Waals surface area contributed by atoms with Crippen molar-refractivity contribution < 1.29 is 61.1 Å². The minimum absolute atomic E-state index is 0.138. The average Bonchev–Trinajstić information content (AvgIpc) is 1.62. The number of amides is 3. The highest BCUT2D eigenvalue weighted by molar-refractivity contribution is 6.32. The van der Waals surface area contributed by atoms with Crippen molar-refractivity contribution in [3.63, 3.8) is 0 Å². The quantitative estimate of drug-likeness (QED) is 0.0241. The van der Waals surface area contributed by atoms with E-state index in [4.69, 9.17) is 79.9 Å². The number of alkyl halides is 1. The van der Waals surface area contributed by atoms with Gasteiger partial charge in [-0.2, -0.15) is 0 Å². The number of rotatable bonds is 27. The number of likely N-dealkylation sites (tertiary alicyclic amines) is 1. The van der Waals surface area contributed by atoms with Crippen LogP contribution in [0.25, 0.3) is 32.7 Å². The second kappa shape index (κ2) is 40.2. The molecule has 16 rings (SSSR count). The van der Waals surface area contributed by atoms with Gasteiger partial charge in [0.1, 0.15) is 70.1 Å². The van der Waals surface area contributed by atoms with E-state index in [1.54, 1.807) is 14.7 Å². The summed E-state index contributed by atoms with van der Waals surface area (Å²) in [5, 5.41) is 17.1. The molecular formula is C92H93Cl4F3N8O10. The standard InChI is InChI=1S/C32H33ClFN3O3.C30H29Cl2FN2O3.C30H31ClFN3O4/c33-23-7-14-29-28(21-23)27-15-19-37(32(38)40-26-12-8-24(34)9-13-26)31(30(27)35-29)22-5-10-25(11-6-22)39-20-4-3-18-36-16-1-2-17-36;31-16-3-1-2-4-18-37-23-10-5-20(6-11-23)29-28-25(26-19-21(32)7-14-27(26)34-28)15-17-35(29)30(36)38-24-12-8-22(33)9-13-24;31-21-5-12-27-26(19-21)25-13-16-35(30(37)39-24-10-6-22(32)7-11-24)29(28(25)34-27)20-3-8-23(9-4-20)38-18-2-1-14-33-15-17-36/h5-14,21,31,35H,1-4,15-20H2;5-14,19,29,34H,1-4,15-18H2;3-12,19,29,33-34,36H,1-2,13-18H2. The van der Waals surface area contributed by atoms with Crippen LogP contribution in [0.4, 0.5) is 27.6 Å². The molecule has 117 heavy (non-hydrogen) atoms. The maximum absolute atomic E-state index is 13.4. The van der Waals surface area contributed by atoms with Crippen LogP contribution in [0.5, 0.6) is 34.5 Å². The molecule has 5 N–H and O–H groups in total. The van der Waals surface area contributed by atoms with Crippen LogP contribution in [-0.4, -0.2) is 143 Å². The first-order chi connectivity index (χ1) is 57.1. The Balaban J connectivity index is 0.000000145. The molecule has 3 aromatic heterocycles. The van der Waals surface area contributed by atoms with Gasteiger partial charge in [-0.3, -0.25) is 14.7 Å². The van der Waals surface area contributed by atoms with Crippen LogP contribution in [0.2, 0.25) is 15.1 Å². The largest absolute Gasteiger partial charge is 0.494 e. The van der Waals surface area contributed by atoms with Gasteiger partial charge in [0, 0.05) is 96.9 Å². The van der Waals surface area contributed by atoms with Gasteiger partial charge in [0.15, 0.2) is 0 Å². The number of aliphatic hydroxyl groups is 1. The predicted molar refractivity (Wildman–Crippen MR) is 453 cm³/mol. The third kappa shape index (κ3) is 21.1. The lowest BCUT2D eigenvalue weighted by atomic mass is 9.92. The zero-order valence-electron chi connectivity index (χ0n) is 64.7. The molecule has 25 heteroatoms. The van der Waals surface area contributed by atoms with Crippen molar-refractivity contribution in [1.29, 1.82) is 0 Å². The van der Waals surface area contributed by atoms with Crippen LogP contribution < -0.4 is 33.7 Å². The summed E-state index contributed by atoms with van der Waals surface area (Å²) in [7, 11) is 0. The second-order valence-corrected chi connectivity index (χ2v) is 31.1. The molecule has 4 aliphatic rings. The molecule has 7 heterocycles. The number of benzene rings is 9. The molecule has 0 aliphatic carbocycles. The molecule has 3 unspecified atom stereocenters. The summed E-state index contributed by atoms with van der Waals surface area (Å²) in [6.45, 7) is 8.46. The summed E-state index contributed by atoms with van der Waals surface area (Å²) >= 11 is 24.7. The van der Waals surface area contributed by atoms with Gasteiger partial charge in [0.25, 0.3) is 0 Å². The van der Waals surface area contributed by atoms with Crippen LogP contribution in [0, 0.1) is 17.5 Å². The number of nitrogens with zero attached hydrogens (tertiary/aromatic N) is 4. The topological polar surface area (TPSA) is 199 Å². The number of halogens is 7. The fourth-order valence-corrected chi connectivity index (χ4v) is 16.5. The number of nitrogens with one attached hydrogen (secondary N) is 4. The molecule has 3 amide bonds. The maximum Gasteiger partial charge on any atom is 0.416 e. The van der Waals surface area contributed by atoms with Crippen molar-refractivity contribution in [3.8, 4) is 34.5 Å². The van der Waals surface area contributed by atoms with E-state index in [-0.39, 0.29) is 24.0 Å². The van der Waals surface area contributed by atoms with Gasteiger partial charge in [0.2, 0.25) is 0 Å². The highest BCUT2D eigenvalue weighted by Gasteiger charge is 2.39. The number of aromatic nitrogens is 3. The number of carbonyl (C=O) groups excluding carboxylic acids is 3. The van der Waals surface area contributed by atoms with Gasteiger partial charge >= 0.3 is 18.3 Å². The number of unbranched alkanes of at least 4 members (excludes halogenated alkanes) is 5. The molecule has 9 aromatic carbocycles. The second-order valence-electron chi connectivity index (χ2n) is 29.4. The van der Waals surface area contributed by atoms with Gasteiger partial charge in [-0.1, -0.05) is 84.0 Å². The Kier molecular flexibility index (Phi) is 28.6. The Hall–Kier alpha value is -10.4. The highest BCUT2D eigenvalue weighted by Crippen LogP contribution is 2.44. The number of hydrogen-bond acceptors (Lipinski definition) is 12. The third-order valence-electron chi connectivity index (χ3n) is 21.6. The molecule has 1 fully saturated rings. The van der Waals surface area contributed by atoms with Crippen molar-refractivity contribution >= 4 is 97.4 Å². The van der Waals surface area contributed by atoms with Gasteiger partial charge in [0.05, 0.1) is 26.4 Å². The number of fused-ring (bicyclic) bond motifs is 9. The van der Waals surface area contributed by atoms with E-state index in [9.17, 15) is 27.6 Å². The molecule has 4 aliphatic heterocycles. The van der Waals surface area contributed by atoms with Gasteiger partial charge in [-0.25, -0.2) is 27.6 Å². The van der Waals surface area contributed by atoms with E-state index in [1.165, 1.54) is 98.7 Å². The summed E-state index contributed by atoms with van der Waals surface area (Å²) in [6, 6.07) is 56.0. The fourth-order valence-electron chi connectivity index (χ4n) is 15.8. The lowest BCUT2D eigenvalue weighted by molar-refractivity contribution is 0.134. The zero-order valence-corrected chi connectivity index (χ0v) is 67.7. The molecule has 610 valence electrons. The van der Waals surface area contributed by atoms with Crippen LogP contribution in [-0.2, 0) is 19.3 Å². The third-order valence-corrected chi connectivity index (χ3v) is 22.5. The number of ether oxygens (including phenoxy) is 6. The smallest absolute Gasteiger partial charge is 0.416 e. The molecule has 0 saturated carbocycles. The summed E-state index contributed by atoms with van der Waals surface area (Å²) in [4.78, 5) is 58.4. The van der Waals surface area contributed by atoms with Gasteiger partial charge in [-0.15, -0.1) is 11.6 Å². The normalized spacial score (nSPS) is 15.7. The Morgan fingerprint density at radius 3 is 1.06 bits per heavy atom. The number of aromatic amines is 3. The molecule has 3 atom stereocenters. The van der Waals surface area contributed by atoms with E-state index in [0.717, 1.165) is 165 Å². The summed E-state index contributed by atoms with van der Waals surface area (Å²) in [5.41, 5.74) is 11.9. The van der Waals surface area contributed by atoms with E-state index >= 15 is 0 Å². The van der Waals surface area contributed by atoms with Gasteiger partial charge in [-0.05, 0) is 294 Å². The number of H-pyrrole nitrogens is 3. The SMILES string of the molecule is O=C(Oc1ccc(F)cc1)N1CCc2c([nH]c3ccc(Cl)cc23)C1c1ccc(OCCCCCCCl)cc1.O=C(Oc1ccc(F)cc1)N1CCc2c([nH]c3ccc(Cl)cc23)C1c1ccc(OCCCCN2CCCC2)cc1.O=C(Oc1ccc(F)cc1)N1CCc2c([nH]c3ccc(Cl)cc23)C1c1ccc(OCCCCNCCO)cc1. The molecule has 0 radical (unpaired) electrons. The molecule has 0 spiro atoms.